The van der Waals surface area contributed by atoms with Crippen molar-refractivity contribution in [1.82, 2.24) is 9.97 Å². The normalized spacial score (nSPS) is 13.9. The fourth-order valence-corrected chi connectivity index (χ4v) is 24.0. The summed E-state index contributed by atoms with van der Waals surface area (Å²) >= 11 is 0. The minimum absolute atomic E-state index is 0.328. The van der Waals surface area contributed by atoms with Crippen LogP contribution in [-0.2, 0) is 21.7 Å². The van der Waals surface area contributed by atoms with E-state index >= 15 is 0 Å². The first-order chi connectivity index (χ1) is 70.3. The Bertz CT molecular complexity index is 7930. The van der Waals surface area contributed by atoms with Crippen molar-refractivity contribution in [2.45, 2.75) is 35.5 Å². The number of nitrogens with zero attached hydrogens (tertiary/aromatic N) is 6. The second-order valence-electron chi connectivity index (χ2n) is 37.3. The van der Waals surface area contributed by atoms with Gasteiger partial charge in [-0.25, -0.2) is 0 Å². The fourth-order valence-electron chi connectivity index (χ4n) is 24.0. The van der Waals surface area contributed by atoms with Crippen molar-refractivity contribution >= 4 is 68.2 Å². The van der Waals surface area contributed by atoms with Gasteiger partial charge in [0.1, 0.15) is 5.41 Å². The van der Waals surface area contributed by atoms with Crippen molar-refractivity contribution in [1.29, 1.82) is 0 Å². The molecule has 0 unspecified atom stereocenters. The van der Waals surface area contributed by atoms with E-state index in [-0.39, 0.29) is 10.8 Å². The summed E-state index contributed by atoms with van der Waals surface area (Å²) in [7, 11) is 0. The van der Waals surface area contributed by atoms with Crippen molar-refractivity contribution in [3.8, 4) is 44.5 Å². The van der Waals surface area contributed by atoms with Crippen LogP contribution >= 0.6 is 0 Å². The Balaban J connectivity index is 0.000000100. The van der Waals surface area contributed by atoms with Gasteiger partial charge in [0, 0.05) is 35.1 Å². The smallest absolute Gasteiger partial charge is 0.108 e. The number of para-hydroxylation sites is 10. The molecule has 2 aromatic heterocycles. The van der Waals surface area contributed by atoms with Crippen LogP contribution in [0.1, 0.15) is 100 Å². The molecule has 2 spiro atoms. The van der Waals surface area contributed by atoms with Gasteiger partial charge in [-0.1, -0.05) is 436 Å². The van der Waals surface area contributed by atoms with Gasteiger partial charge in [-0.2, -0.15) is 0 Å². The van der Waals surface area contributed by atoms with Gasteiger partial charge in [-0.15, -0.1) is 0 Å². The van der Waals surface area contributed by atoms with Crippen molar-refractivity contribution in [2.24, 2.45) is 0 Å². The Morgan fingerprint density at radius 1 is 0.155 bits per heavy atom. The molecule has 0 saturated carbocycles. The largest absolute Gasteiger partial charge is 0.310 e. The minimum Gasteiger partial charge on any atom is -0.310 e. The molecule has 28 rings (SSSR count). The van der Waals surface area contributed by atoms with Gasteiger partial charge < -0.3 is 19.6 Å². The Labute approximate surface area is 830 Å². The molecular formula is C136H98N6. The van der Waals surface area contributed by atoms with Crippen LogP contribution in [0.15, 0.2) is 558 Å². The predicted molar refractivity (Wildman–Crippen MR) is 586 cm³/mol. The van der Waals surface area contributed by atoms with Crippen LogP contribution in [0.4, 0.5) is 68.2 Å². The lowest BCUT2D eigenvalue weighted by Gasteiger charge is -2.46. The highest BCUT2D eigenvalue weighted by atomic mass is 15.2. The van der Waals surface area contributed by atoms with Crippen LogP contribution in [0.25, 0.3) is 44.5 Å². The lowest BCUT2D eigenvalue weighted by molar-refractivity contribution is 0.677. The summed E-state index contributed by atoms with van der Waals surface area (Å²) < 4.78 is 0. The van der Waals surface area contributed by atoms with E-state index in [1.165, 1.54) is 179 Å². The van der Waals surface area contributed by atoms with Gasteiger partial charge in [-0.05, 0) is 258 Å². The second-order valence-corrected chi connectivity index (χ2v) is 37.3. The maximum absolute atomic E-state index is 4.89. The maximum atomic E-state index is 4.89. The molecular weight excluding hydrogens is 1720 g/mol. The molecule has 0 bridgehead atoms. The van der Waals surface area contributed by atoms with Gasteiger partial charge in [-0.3, -0.25) is 9.97 Å². The van der Waals surface area contributed by atoms with Gasteiger partial charge in [0.25, 0.3) is 0 Å². The molecule has 2 aliphatic carbocycles. The van der Waals surface area contributed by atoms with E-state index in [0.717, 1.165) is 34.1 Å². The minimum atomic E-state index is -0.624. The first-order valence-electron chi connectivity index (χ1n) is 49.1. The number of rotatable bonds is 10. The van der Waals surface area contributed by atoms with Crippen molar-refractivity contribution in [3.05, 3.63) is 659 Å². The molecule has 4 aliphatic heterocycles. The van der Waals surface area contributed by atoms with Gasteiger partial charge in [0.2, 0.25) is 0 Å². The lowest BCUT2D eigenvalue weighted by atomic mass is 9.62. The number of hydrogen-bond acceptors (Lipinski definition) is 6. The Hall–Kier alpha value is -18.1. The highest BCUT2D eigenvalue weighted by Crippen LogP contribution is 2.67. The third kappa shape index (κ3) is 13.6. The van der Waals surface area contributed by atoms with Crippen LogP contribution in [0.5, 0.6) is 0 Å². The summed E-state index contributed by atoms with van der Waals surface area (Å²) in [4.78, 5) is 19.4. The first kappa shape index (κ1) is 85.6. The molecule has 0 saturated heterocycles. The Morgan fingerprint density at radius 2 is 0.380 bits per heavy atom. The van der Waals surface area contributed by atoms with Crippen molar-refractivity contribution in [2.75, 3.05) is 19.6 Å². The summed E-state index contributed by atoms with van der Waals surface area (Å²) in [6, 6.07) is 197. The molecule has 0 amide bonds. The second kappa shape index (κ2) is 35.8. The van der Waals surface area contributed by atoms with Crippen molar-refractivity contribution in [3.63, 3.8) is 0 Å². The van der Waals surface area contributed by atoms with Gasteiger partial charge in [0.05, 0.1) is 73.1 Å². The summed E-state index contributed by atoms with van der Waals surface area (Å²) in [5.41, 5.74) is 45.4. The fraction of sp³-hybridized carbons (Fsp3) is 0.0441. The van der Waals surface area contributed by atoms with E-state index in [4.69, 9.17) is 9.97 Å². The zero-order valence-electron chi connectivity index (χ0n) is 78.8. The molecule has 0 N–H and O–H groups in total. The van der Waals surface area contributed by atoms with E-state index in [2.05, 4.69) is 567 Å². The van der Waals surface area contributed by atoms with E-state index < -0.39 is 10.8 Å². The average molecular weight is 1820 g/mol. The molecule has 0 atom stereocenters. The van der Waals surface area contributed by atoms with Crippen LogP contribution < -0.4 is 19.6 Å². The number of pyridine rings is 2. The van der Waals surface area contributed by atoms with E-state index in [0.29, 0.717) is 0 Å². The maximum Gasteiger partial charge on any atom is 0.108 e. The molecule has 142 heavy (non-hydrogen) atoms. The van der Waals surface area contributed by atoms with E-state index in [9.17, 15) is 0 Å². The number of aryl methyl sites for hydroxylation is 2. The highest BCUT2D eigenvalue weighted by molar-refractivity contribution is 6.00. The molecule has 6 heteroatoms. The zero-order chi connectivity index (χ0) is 94.7. The zero-order valence-corrected chi connectivity index (χ0v) is 78.8. The summed E-state index contributed by atoms with van der Waals surface area (Å²) in [6.07, 6.45) is 3.74. The molecule has 0 fully saturated rings. The molecule has 6 nitrogen and oxygen atoms in total. The number of hydrogen-bond donors (Lipinski definition) is 0. The lowest BCUT2D eigenvalue weighted by Crippen LogP contribution is -2.39. The molecule has 6 heterocycles. The van der Waals surface area contributed by atoms with Crippen molar-refractivity contribution < 1.29 is 0 Å². The molecule has 672 valence electrons. The molecule has 6 aliphatic rings. The van der Waals surface area contributed by atoms with Crippen LogP contribution in [0, 0.1) is 13.8 Å². The highest BCUT2D eigenvalue weighted by Gasteiger charge is 2.55. The number of aromatic nitrogens is 2. The third-order valence-corrected chi connectivity index (χ3v) is 29.8. The van der Waals surface area contributed by atoms with Crippen LogP contribution in [0.3, 0.4) is 0 Å². The quantitative estimate of drug-likeness (QED) is 0.136. The number of fused-ring (bicyclic) bond motifs is 22. The van der Waals surface area contributed by atoms with E-state index in [1.54, 1.807) is 0 Å². The summed E-state index contributed by atoms with van der Waals surface area (Å²) in [5, 5.41) is 0. The van der Waals surface area contributed by atoms with Gasteiger partial charge >= 0.3 is 0 Å². The summed E-state index contributed by atoms with van der Waals surface area (Å²) in [6.45, 7) is 4.35. The van der Waals surface area contributed by atoms with Crippen LogP contribution in [0.2, 0.25) is 0 Å². The molecule has 22 aromatic rings. The number of benzene rings is 20. The Morgan fingerprint density at radius 3 is 0.683 bits per heavy atom. The third-order valence-electron chi connectivity index (χ3n) is 29.8. The molecule has 20 aromatic carbocycles. The average Bonchev–Trinajstić information content (AvgIpc) is 1.55. The Kier molecular flexibility index (Phi) is 21.6. The SMILES string of the molecule is Cc1ccc(N2c3ccccc3C3(c4ccccc4-c4ccccc43)c3cc(C)ccc32)cc1.c1ccc(-c2ccc(C3(c4ccc(-c5ccccc5)cc4)c4ccccc4N(c4ccccc4)c4ccccc43)cc2)cc1.c1ccc(N2c3ccccc3C(c3ccccn3)(c3ccccn3)c3ccccc32)cc1.c1ccc(N2c3ccccc3C3(c4ccccc4-c4ccccc43)c3ccccc32)cc1. The predicted octanol–water partition coefficient (Wildman–Crippen LogP) is 34.1. The summed E-state index contributed by atoms with van der Waals surface area (Å²) in [5.74, 6) is 0. The molecule has 0 radical (unpaired) electrons. The van der Waals surface area contributed by atoms with Gasteiger partial charge in [0.15, 0.2) is 0 Å². The first-order valence-corrected chi connectivity index (χ1v) is 49.1. The van der Waals surface area contributed by atoms with E-state index in [1.807, 2.05) is 24.5 Å². The standard InChI is InChI=1S/C43H31N.C33H25N.C31H21N.C29H21N3/c1-4-14-32(15-5-1)34-24-28-36(29-25-34)43(37-30-26-35(27-31-37)33-16-6-2-7-17-33)39-20-10-12-22-41(39)44(38-18-8-3-9-19-38)42-23-13-11-21-40(42)43;1-22-15-18-24(19-16-22)34-31-14-8-7-13-29(31)33(30-21-23(2)17-20-32(30)34)27-11-5-3-9-25(27)26-10-4-6-12-28(26)33;1-2-12-22(13-3-1)32-29-20-10-8-18-27(29)31(28-19-9-11-21-30(28)32)25-16-6-4-14-23(25)24-15-5-7-17-26(24)31;1-2-12-22(13-3-1)32-25-16-6-4-14-23(25)29(27-18-8-10-20-30-27,28-19-9-11-21-31-28)24-15-5-7-17-26(24)32/h1-31H;3-21H,1-2H3;2*1-21H. The van der Waals surface area contributed by atoms with Crippen LogP contribution in [-0.4, -0.2) is 9.97 Å². The number of anilines is 12. The topological polar surface area (TPSA) is 38.7 Å². The monoisotopic (exact) mass is 1810 g/mol.